The van der Waals surface area contributed by atoms with Crippen molar-refractivity contribution < 1.29 is 9.90 Å². The SMILES string of the molecule is O=C(CN(CCO)C1CC1)c1ccc2c(c1)CCC2. The molecule has 0 aromatic heterocycles. The molecular formula is C16H21NO2. The maximum Gasteiger partial charge on any atom is 0.176 e. The molecule has 0 saturated heterocycles. The molecule has 1 fully saturated rings. The van der Waals surface area contributed by atoms with Crippen LogP contribution in [0.15, 0.2) is 18.2 Å². The third-order valence-electron chi connectivity index (χ3n) is 4.22. The molecular weight excluding hydrogens is 238 g/mol. The molecule has 3 nitrogen and oxygen atoms in total. The van der Waals surface area contributed by atoms with Crippen molar-refractivity contribution >= 4 is 5.78 Å². The molecule has 1 aromatic rings. The molecule has 0 bridgehead atoms. The number of hydrogen-bond donors (Lipinski definition) is 1. The number of Topliss-reactive ketones (excluding diaryl/α,β-unsaturated/α-hetero) is 1. The van der Waals surface area contributed by atoms with Crippen LogP contribution >= 0.6 is 0 Å². The topological polar surface area (TPSA) is 40.5 Å². The maximum atomic E-state index is 12.3. The molecule has 0 unspecified atom stereocenters. The normalized spacial score (nSPS) is 17.8. The van der Waals surface area contributed by atoms with Crippen LogP contribution in [0.3, 0.4) is 0 Å². The molecule has 0 aliphatic heterocycles. The van der Waals surface area contributed by atoms with Crippen LogP contribution in [0.1, 0.15) is 40.7 Å². The summed E-state index contributed by atoms with van der Waals surface area (Å²) >= 11 is 0. The maximum absolute atomic E-state index is 12.3. The van der Waals surface area contributed by atoms with Gasteiger partial charge in [-0.05, 0) is 49.3 Å². The molecule has 0 heterocycles. The van der Waals surface area contributed by atoms with Crippen LogP contribution in [0, 0.1) is 0 Å². The van der Waals surface area contributed by atoms with E-state index in [1.807, 2.05) is 6.07 Å². The zero-order valence-corrected chi connectivity index (χ0v) is 11.3. The first kappa shape index (κ1) is 12.8. The molecule has 0 atom stereocenters. The lowest BCUT2D eigenvalue weighted by Crippen LogP contribution is -2.34. The number of aryl methyl sites for hydroxylation is 2. The summed E-state index contributed by atoms with van der Waals surface area (Å²) < 4.78 is 0. The van der Waals surface area contributed by atoms with Gasteiger partial charge in [0.05, 0.1) is 13.2 Å². The van der Waals surface area contributed by atoms with Gasteiger partial charge < -0.3 is 5.11 Å². The van der Waals surface area contributed by atoms with Gasteiger partial charge in [0.25, 0.3) is 0 Å². The van der Waals surface area contributed by atoms with Crippen LogP contribution < -0.4 is 0 Å². The third-order valence-corrected chi connectivity index (χ3v) is 4.22. The minimum Gasteiger partial charge on any atom is -0.395 e. The Labute approximate surface area is 114 Å². The van der Waals surface area contributed by atoms with Gasteiger partial charge in [0, 0.05) is 18.2 Å². The van der Waals surface area contributed by atoms with Crippen molar-refractivity contribution in [3.8, 4) is 0 Å². The highest BCUT2D eigenvalue weighted by atomic mass is 16.3. The van der Waals surface area contributed by atoms with Gasteiger partial charge in [-0.2, -0.15) is 0 Å². The van der Waals surface area contributed by atoms with Crippen molar-refractivity contribution in [1.29, 1.82) is 0 Å². The van der Waals surface area contributed by atoms with Gasteiger partial charge >= 0.3 is 0 Å². The summed E-state index contributed by atoms with van der Waals surface area (Å²) in [5.74, 6) is 0.190. The fraction of sp³-hybridized carbons (Fsp3) is 0.562. The van der Waals surface area contributed by atoms with E-state index in [0.717, 1.165) is 31.2 Å². The first-order valence-electron chi connectivity index (χ1n) is 7.28. The predicted molar refractivity (Wildman–Crippen MR) is 74.5 cm³/mol. The summed E-state index contributed by atoms with van der Waals surface area (Å²) in [7, 11) is 0. The van der Waals surface area contributed by atoms with Crippen LogP contribution in [0.25, 0.3) is 0 Å². The van der Waals surface area contributed by atoms with Gasteiger partial charge in [-0.15, -0.1) is 0 Å². The number of carbonyl (C=O) groups excluding carboxylic acids is 1. The minimum absolute atomic E-state index is 0.133. The van der Waals surface area contributed by atoms with Crippen LogP contribution in [-0.4, -0.2) is 41.5 Å². The average Bonchev–Trinajstić information content (AvgIpc) is 3.15. The monoisotopic (exact) mass is 259 g/mol. The molecule has 2 aliphatic carbocycles. The fourth-order valence-corrected chi connectivity index (χ4v) is 2.98. The van der Waals surface area contributed by atoms with Crippen molar-refractivity contribution in [1.82, 2.24) is 4.90 Å². The number of ketones is 1. The Morgan fingerprint density at radius 3 is 2.79 bits per heavy atom. The summed E-state index contributed by atoms with van der Waals surface area (Å²) in [5.41, 5.74) is 3.60. The molecule has 2 aliphatic rings. The molecule has 1 N–H and O–H groups in total. The molecule has 102 valence electrons. The van der Waals surface area contributed by atoms with Gasteiger partial charge in [-0.25, -0.2) is 0 Å². The Morgan fingerprint density at radius 2 is 2.05 bits per heavy atom. The van der Waals surface area contributed by atoms with Crippen LogP contribution in [0.4, 0.5) is 0 Å². The Bertz CT molecular complexity index is 480. The van der Waals surface area contributed by atoms with Gasteiger partial charge in [0.2, 0.25) is 0 Å². The van der Waals surface area contributed by atoms with Crippen LogP contribution in [-0.2, 0) is 12.8 Å². The van der Waals surface area contributed by atoms with E-state index in [0.29, 0.717) is 19.1 Å². The highest BCUT2D eigenvalue weighted by Gasteiger charge is 2.30. The molecule has 3 heteroatoms. The quantitative estimate of drug-likeness (QED) is 0.792. The van der Waals surface area contributed by atoms with E-state index in [4.69, 9.17) is 5.11 Å². The zero-order chi connectivity index (χ0) is 13.2. The Hall–Kier alpha value is -1.19. The van der Waals surface area contributed by atoms with E-state index in [1.54, 1.807) is 0 Å². The van der Waals surface area contributed by atoms with Gasteiger partial charge in [0.15, 0.2) is 5.78 Å². The van der Waals surface area contributed by atoms with E-state index < -0.39 is 0 Å². The second-order valence-electron chi connectivity index (χ2n) is 5.69. The Morgan fingerprint density at radius 1 is 1.26 bits per heavy atom. The van der Waals surface area contributed by atoms with Crippen LogP contribution in [0.2, 0.25) is 0 Å². The summed E-state index contributed by atoms with van der Waals surface area (Å²) in [4.78, 5) is 14.5. The van der Waals surface area contributed by atoms with Crippen molar-refractivity contribution in [3.63, 3.8) is 0 Å². The first-order chi connectivity index (χ1) is 9.28. The number of fused-ring (bicyclic) bond motifs is 1. The molecule has 0 radical (unpaired) electrons. The molecule has 19 heavy (non-hydrogen) atoms. The number of carbonyl (C=O) groups is 1. The minimum atomic E-state index is 0.133. The highest BCUT2D eigenvalue weighted by Crippen LogP contribution is 2.27. The van der Waals surface area contributed by atoms with Crippen molar-refractivity contribution in [2.75, 3.05) is 19.7 Å². The summed E-state index contributed by atoms with van der Waals surface area (Å²) in [6, 6.07) is 6.68. The van der Waals surface area contributed by atoms with E-state index in [2.05, 4.69) is 17.0 Å². The number of rotatable bonds is 6. The lowest BCUT2D eigenvalue weighted by atomic mass is 10.0. The van der Waals surface area contributed by atoms with Crippen molar-refractivity contribution in [3.05, 3.63) is 34.9 Å². The second-order valence-corrected chi connectivity index (χ2v) is 5.69. The van der Waals surface area contributed by atoms with E-state index in [9.17, 15) is 4.79 Å². The molecule has 1 aromatic carbocycles. The van der Waals surface area contributed by atoms with Gasteiger partial charge in [0.1, 0.15) is 0 Å². The number of nitrogens with zero attached hydrogens (tertiary/aromatic N) is 1. The van der Waals surface area contributed by atoms with E-state index in [-0.39, 0.29) is 12.4 Å². The van der Waals surface area contributed by atoms with Crippen molar-refractivity contribution in [2.45, 2.75) is 38.1 Å². The lowest BCUT2D eigenvalue weighted by Gasteiger charge is -2.19. The summed E-state index contributed by atoms with van der Waals surface area (Å²) in [6.45, 7) is 1.19. The average molecular weight is 259 g/mol. The zero-order valence-electron chi connectivity index (χ0n) is 11.3. The number of aliphatic hydroxyl groups is 1. The Balaban J connectivity index is 1.69. The predicted octanol–water partition coefficient (Wildman–Crippen LogP) is 1.81. The fourth-order valence-electron chi connectivity index (χ4n) is 2.98. The largest absolute Gasteiger partial charge is 0.395 e. The van der Waals surface area contributed by atoms with Crippen LogP contribution in [0.5, 0.6) is 0 Å². The second kappa shape index (κ2) is 5.43. The number of aliphatic hydroxyl groups excluding tert-OH is 1. The standard InChI is InChI=1S/C16H21NO2/c18-9-8-17(15-6-7-15)11-16(19)14-5-4-12-2-1-3-13(12)10-14/h4-5,10,15,18H,1-3,6-9,11H2. The molecule has 3 rings (SSSR count). The Kier molecular flexibility index (Phi) is 3.67. The molecule has 0 spiro atoms. The smallest absolute Gasteiger partial charge is 0.176 e. The summed E-state index contributed by atoms with van der Waals surface area (Å²) in [6.07, 6.45) is 5.81. The van der Waals surface area contributed by atoms with E-state index in [1.165, 1.54) is 17.5 Å². The first-order valence-corrected chi connectivity index (χ1v) is 7.28. The van der Waals surface area contributed by atoms with Crippen molar-refractivity contribution in [2.24, 2.45) is 0 Å². The number of hydrogen-bond acceptors (Lipinski definition) is 3. The third kappa shape index (κ3) is 2.88. The van der Waals surface area contributed by atoms with E-state index >= 15 is 0 Å². The molecule has 0 amide bonds. The summed E-state index contributed by atoms with van der Waals surface area (Å²) in [5, 5.41) is 9.07. The highest BCUT2D eigenvalue weighted by molar-refractivity contribution is 5.98. The molecule has 1 saturated carbocycles. The lowest BCUT2D eigenvalue weighted by molar-refractivity contribution is 0.0907. The number of benzene rings is 1. The van der Waals surface area contributed by atoms with Gasteiger partial charge in [-0.1, -0.05) is 12.1 Å². The van der Waals surface area contributed by atoms with Gasteiger partial charge in [-0.3, -0.25) is 9.69 Å².